The van der Waals surface area contributed by atoms with Crippen molar-refractivity contribution in [2.75, 3.05) is 26.2 Å². The molecule has 1 rings (SSSR count). The van der Waals surface area contributed by atoms with E-state index in [1.54, 1.807) is 0 Å². The molecule has 2 unspecified atom stereocenters. The Morgan fingerprint density at radius 2 is 2.20 bits per heavy atom. The molecule has 118 valence electrons. The Balaban J connectivity index is 2.22. The monoisotopic (exact) mass is 295 g/mol. The van der Waals surface area contributed by atoms with Crippen LogP contribution in [0.5, 0.6) is 0 Å². The Labute approximate surface area is 117 Å². The van der Waals surface area contributed by atoms with Crippen molar-refractivity contribution in [1.29, 1.82) is 0 Å². The van der Waals surface area contributed by atoms with Crippen molar-refractivity contribution in [3.8, 4) is 0 Å². The van der Waals surface area contributed by atoms with Crippen molar-refractivity contribution in [2.24, 2.45) is 11.7 Å². The number of unbranched alkanes of at least 4 members (excludes halogenated alkanes) is 1. The molecule has 0 aromatic rings. The first-order chi connectivity index (χ1) is 9.31. The van der Waals surface area contributed by atoms with Gasteiger partial charge in [-0.2, -0.15) is 13.2 Å². The number of carbonyl (C=O) groups excluding carboxylic acids is 1. The predicted molar refractivity (Wildman–Crippen MR) is 71.1 cm³/mol. The summed E-state index contributed by atoms with van der Waals surface area (Å²) < 4.78 is 36.7. The number of nitrogens with two attached hydrogens (primary N) is 1. The van der Waals surface area contributed by atoms with E-state index >= 15 is 0 Å². The maximum absolute atomic E-state index is 12.2. The van der Waals surface area contributed by atoms with Gasteiger partial charge in [-0.1, -0.05) is 19.8 Å². The summed E-state index contributed by atoms with van der Waals surface area (Å²) in [6.07, 6.45) is -0.943. The van der Waals surface area contributed by atoms with Crippen LogP contribution < -0.4 is 11.1 Å². The van der Waals surface area contributed by atoms with Gasteiger partial charge in [-0.25, -0.2) is 0 Å². The quantitative estimate of drug-likeness (QED) is 0.748. The van der Waals surface area contributed by atoms with E-state index < -0.39 is 18.8 Å². The van der Waals surface area contributed by atoms with Gasteiger partial charge in [0.25, 0.3) is 0 Å². The SMILES string of the molecule is CCCCC(N)C(=O)NCC1CCN(CC(F)(F)F)C1. The van der Waals surface area contributed by atoms with Gasteiger partial charge < -0.3 is 11.1 Å². The van der Waals surface area contributed by atoms with Crippen LogP contribution in [0, 0.1) is 5.92 Å². The molecule has 0 aromatic heterocycles. The van der Waals surface area contributed by atoms with Gasteiger partial charge in [0.15, 0.2) is 0 Å². The molecule has 0 spiro atoms. The summed E-state index contributed by atoms with van der Waals surface area (Å²) in [6, 6.07) is -0.511. The summed E-state index contributed by atoms with van der Waals surface area (Å²) in [7, 11) is 0. The second-order valence-corrected chi connectivity index (χ2v) is 5.50. The highest BCUT2D eigenvalue weighted by Gasteiger charge is 2.34. The molecule has 0 aliphatic carbocycles. The van der Waals surface area contributed by atoms with E-state index in [9.17, 15) is 18.0 Å². The molecule has 1 aliphatic rings. The Morgan fingerprint density at radius 3 is 2.80 bits per heavy atom. The van der Waals surface area contributed by atoms with Crippen molar-refractivity contribution in [3.05, 3.63) is 0 Å². The van der Waals surface area contributed by atoms with Crippen molar-refractivity contribution < 1.29 is 18.0 Å². The summed E-state index contributed by atoms with van der Waals surface area (Å²) in [5.74, 6) is -0.118. The van der Waals surface area contributed by atoms with Crippen LogP contribution in [0.2, 0.25) is 0 Å². The highest BCUT2D eigenvalue weighted by molar-refractivity contribution is 5.81. The van der Waals surface area contributed by atoms with Crippen molar-refractivity contribution in [1.82, 2.24) is 10.2 Å². The van der Waals surface area contributed by atoms with Crippen molar-refractivity contribution in [3.63, 3.8) is 0 Å². The number of amides is 1. The summed E-state index contributed by atoms with van der Waals surface area (Å²) in [4.78, 5) is 13.1. The smallest absolute Gasteiger partial charge is 0.354 e. The predicted octanol–water partition coefficient (Wildman–Crippen LogP) is 1.50. The zero-order valence-corrected chi connectivity index (χ0v) is 11.9. The van der Waals surface area contributed by atoms with Crippen LogP contribution in [0.1, 0.15) is 32.6 Å². The number of halogens is 3. The average molecular weight is 295 g/mol. The molecule has 20 heavy (non-hydrogen) atoms. The van der Waals surface area contributed by atoms with E-state index in [0.29, 0.717) is 32.5 Å². The molecule has 0 aromatic carbocycles. The van der Waals surface area contributed by atoms with Crippen LogP contribution in [0.15, 0.2) is 0 Å². The lowest BCUT2D eigenvalue weighted by atomic mass is 10.1. The number of nitrogens with one attached hydrogen (secondary N) is 1. The molecule has 7 heteroatoms. The standard InChI is InChI=1S/C13H24F3N3O/c1-2-3-4-11(17)12(20)18-7-10-5-6-19(8-10)9-13(14,15)16/h10-11H,2-9,17H2,1H3,(H,18,20). The Hall–Kier alpha value is -0.820. The Bertz CT molecular complexity index is 310. The number of alkyl halides is 3. The maximum Gasteiger partial charge on any atom is 0.401 e. The van der Waals surface area contributed by atoms with E-state index in [4.69, 9.17) is 5.73 Å². The normalized spacial score (nSPS) is 21.9. The summed E-state index contributed by atoms with van der Waals surface area (Å²) in [5.41, 5.74) is 5.73. The third-order valence-corrected chi connectivity index (χ3v) is 3.54. The van der Waals surface area contributed by atoms with Gasteiger partial charge in [0, 0.05) is 13.1 Å². The zero-order chi connectivity index (χ0) is 15.2. The Kier molecular flexibility index (Phi) is 6.75. The third kappa shape index (κ3) is 6.56. The van der Waals surface area contributed by atoms with Crippen molar-refractivity contribution in [2.45, 2.75) is 44.8 Å². The number of rotatable bonds is 7. The first kappa shape index (κ1) is 17.2. The maximum atomic E-state index is 12.2. The molecule has 2 atom stereocenters. The molecule has 1 heterocycles. The summed E-state index contributed by atoms with van der Waals surface area (Å²) >= 11 is 0. The second-order valence-electron chi connectivity index (χ2n) is 5.50. The van der Waals surface area contributed by atoms with Gasteiger partial charge in [-0.15, -0.1) is 0 Å². The molecule has 1 fully saturated rings. The molecule has 0 saturated carbocycles. The van der Waals surface area contributed by atoms with Gasteiger partial charge in [0.2, 0.25) is 5.91 Å². The summed E-state index contributed by atoms with van der Waals surface area (Å²) in [5, 5.41) is 2.74. The molecule has 1 aliphatic heterocycles. The van der Waals surface area contributed by atoms with Gasteiger partial charge in [-0.3, -0.25) is 9.69 Å². The molecule has 1 saturated heterocycles. The number of hydrogen-bond donors (Lipinski definition) is 2. The molecule has 4 nitrogen and oxygen atoms in total. The molecule has 0 bridgehead atoms. The van der Waals surface area contributed by atoms with Crippen LogP contribution in [0.4, 0.5) is 13.2 Å². The minimum atomic E-state index is -4.15. The first-order valence-corrected chi connectivity index (χ1v) is 7.14. The molecule has 0 radical (unpaired) electrons. The van der Waals surface area contributed by atoms with E-state index in [1.807, 2.05) is 6.92 Å². The lowest BCUT2D eigenvalue weighted by Gasteiger charge is -2.18. The number of likely N-dealkylation sites (tertiary alicyclic amines) is 1. The van der Waals surface area contributed by atoms with E-state index in [1.165, 1.54) is 4.90 Å². The molecular formula is C13H24F3N3O. The van der Waals surface area contributed by atoms with Crippen LogP contribution in [0.3, 0.4) is 0 Å². The molecular weight excluding hydrogens is 271 g/mol. The van der Waals surface area contributed by atoms with Crippen molar-refractivity contribution >= 4 is 5.91 Å². The lowest BCUT2D eigenvalue weighted by molar-refractivity contribution is -0.143. The Morgan fingerprint density at radius 1 is 1.50 bits per heavy atom. The largest absolute Gasteiger partial charge is 0.401 e. The lowest BCUT2D eigenvalue weighted by Crippen LogP contribution is -2.42. The van der Waals surface area contributed by atoms with E-state index in [0.717, 1.165) is 12.8 Å². The van der Waals surface area contributed by atoms with Gasteiger partial charge in [0.05, 0.1) is 12.6 Å². The molecule has 3 N–H and O–H groups in total. The second kappa shape index (κ2) is 7.83. The van der Waals surface area contributed by atoms with Crippen LogP contribution in [-0.2, 0) is 4.79 Å². The summed E-state index contributed by atoms with van der Waals surface area (Å²) in [6.45, 7) is 2.38. The first-order valence-electron chi connectivity index (χ1n) is 7.14. The highest BCUT2D eigenvalue weighted by atomic mass is 19.4. The number of nitrogens with zero attached hydrogens (tertiary/aromatic N) is 1. The van der Waals surface area contributed by atoms with E-state index in [-0.39, 0.29) is 11.8 Å². The topological polar surface area (TPSA) is 58.4 Å². The number of hydrogen-bond acceptors (Lipinski definition) is 3. The fourth-order valence-electron chi connectivity index (χ4n) is 2.41. The third-order valence-electron chi connectivity index (χ3n) is 3.54. The van der Waals surface area contributed by atoms with E-state index in [2.05, 4.69) is 5.32 Å². The van der Waals surface area contributed by atoms with Gasteiger partial charge in [0.1, 0.15) is 0 Å². The zero-order valence-electron chi connectivity index (χ0n) is 11.9. The fraction of sp³-hybridized carbons (Fsp3) is 0.923. The van der Waals surface area contributed by atoms with Gasteiger partial charge in [-0.05, 0) is 25.3 Å². The number of carbonyl (C=O) groups is 1. The minimum absolute atomic E-state index is 0.0830. The minimum Gasteiger partial charge on any atom is -0.354 e. The van der Waals surface area contributed by atoms with Crippen LogP contribution >= 0.6 is 0 Å². The highest BCUT2D eigenvalue weighted by Crippen LogP contribution is 2.22. The van der Waals surface area contributed by atoms with Gasteiger partial charge >= 0.3 is 6.18 Å². The van der Waals surface area contributed by atoms with Crippen LogP contribution in [0.25, 0.3) is 0 Å². The average Bonchev–Trinajstić information content (AvgIpc) is 2.78. The fourth-order valence-corrected chi connectivity index (χ4v) is 2.41. The van der Waals surface area contributed by atoms with Crippen LogP contribution in [-0.4, -0.2) is 49.2 Å². The molecule has 1 amide bonds.